The largest absolute Gasteiger partial charge is 0.469 e. The number of carbonyl (C=O) groups is 2. The zero-order chi connectivity index (χ0) is 15.4. The first-order valence-electron chi connectivity index (χ1n) is 7.84. The highest BCUT2D eigenvalue weighted by molar-refractivity contribution is 5.79. The molecule has 2 aliphatic rings. The van der Waals surface area contributed by atoms with E-state index in [1.54, 1.807) is 0 Å². The Morgan fingerprint density at radius 1 is 1.24 bits per heavy atom. The van der Waals surface area contributed by atoms with Gasteiger partial charge in [0.05, 0.1) is 19.6 Å². The molecule has 0 radical (unpaired) electrons. The van der Waals surface area contributed by atoms with Gasteiger partial charge in [-0.05, 0) is 26.7 Å². The van der Waals surface area contributed by atoms with Crippen molar-refractivity contribution in [2.75, 3.05) is 39.8 Å². The van der Waals surface area contributed by atoms with Gasteiger partial charge in [0.15, 0.2) is 0 Å². The maximum absolute atomic E-state index is 12.4. The second-order valence-corrected chi connectivity index (χ2v) is 6.27. The van der Waals surface area contributed by atoms with Crippen molar-refractivity contribution < 1.29 is 14.3 Å². The molecule has 0 aromatic carbocycles. The monoisotopic (exact) mass is 297 g/mol. The molecule has 1 amide bonds. The van der Waals surface area contributed by atoms with Gasteiger partial charge in [-0.3, -0.25) is 14.5 Å². The van der Waals surface area contributed by atoms with Crippen molar-refractivity contribution in [2.45, 2.75) is 38.8 Å². The second-order valence-electron chi connectivity index (χ2n) is 6.27. The van der Waals surface area contributed by atoms with E-state index in [0.717, 1.165) is 13.1 Å². The van der Waals surface area contributed by atoms with E-state index >= 15 is 0 Å². The van der Waals surface area contributed by atoms with Crippen LogP contribution in [-0.4, -0.2) is 73.6 Å². The van der Waals surface area contributed by atoms with E-state index in [-0.39, 0.29) is 17.8 Å². The predicted molar refractivity (Wildman–Crippen MR) is 79.8 cm³/mol. The lowest BCUT2D eigenvalue weighted by atomic mass is 9.97. The van der Waals surface area contributed by atoms with Gasteiger partial charge < -0.3 is 15.0 Å². The third kappa shape index (κ3) is 4.17. The Morgan fingerprint density at radius 3 is 2.52 bits per heavy atom. The topological polar surface area (TPSA) is 61.9 Å². The molecule has 0 bridgehead atoms. The number of ether oxygens (including phenoxy) is 1. The second kappa shape index (κ2) is 7.22. The molecule has 0 aliphatic carbocycles. The smallest absolute Gasteiger partial charge is 0.308 e. The number of hydrogen-bond donors (Lipinski definition) is 1. The quantitative estimate of drug-likeness (QED) is 0.748. The number of likely N-dealkylation sites (tertiary alicyclic amines) is 1. The van der Waals surface area contributed by atoms with Crippen LogP contribution in [0.5, 0.6) is 0 Å². The van der Waals surface area contributed by atoms with Gasteiger partial charge in [-0.1, -0.05) is 0 Å². The number of carbonyl (C=O) groups excluding carboxylic acids is 2. The van der Waals surface area contributed by atoms with E-state index in [0.29, 0.717) is 44.6 Å². The van der Waals surface area contributed by atoms with Crippen LogP contribution in [-0.2, 0) is 14.3 Å². The molecule has 2 aliphatic heterocycles. The molecular formula is C15H27N3O3. The molecule has 2 unspecified atom stereocenters. The van der Waals surface area contributed by atoms with Gasteiger partial charge >= 0.3 is 5.97 Å². The Bertz CT molecular complexity index is 380. The molecule has 21 heavy (non-hydrogen) atoms. The number of amides is 1. The molecule has 2 rings (SSSR count). The van der Waals surface area contributed by atoms with Crippen molar-refractivity contribution in [3.8, 4) is 0 Å². The minimum atomic E-state index is -0.147. The highest BCUT2D eigenvalue weighted by Crippen LogP contribution is 2.19. The zero-order valence-corrected chi connectivity index (χ0v) is 13.3. The normalized spacial score (nSPS) is 28.4. The molecule has 2 heterocycles. The Hall–Kier alpha value is -1.14. The molecule has 2 fully saturated rings. The van der Waals surface area contributed by atoms with Crippen molar-refractivity contribution in [3.05, 3.63) is 0 Å². The van der Waals surface area contributed by atoms with Crippen LogP contribution in [0.3, 0.4) is 0 Å². The summed E-state index contributed by atoms with van der Waals surface area (Å²) in [6.07, 6.45) is 1.43. The van der Waals surface area contributed by atoms with E-state index in [2.05, 4.69) is 24.1 Å². The summed E-state index contributed by atoms with van der Waals surface area (Å²) in [5, 5.41) is 3.42. The fourth-order valence-corrected chi connectivity index (χ4v) is 3.12. The fourth-order valence-electron chi connectivity index (χ4n) is 3.12. The lowest BCUT2D eigenvalue weighted by molar-refractivity contribution is -0.149. The van der Waals surface area contributed by atoms with Crippen molar-refractivity contribution >= 4 is 11.9 Å². The van der Waals surface area contributed by atoms with Gasteiger partial charge in [-0.25, -0.2) is 0 Å². The number of hydrogen-bond acceptors (Lipinski definition) is 5. The average molecular weight is 297 g/mol. The number of rotatable bonds is 3. The lowest BCUT2D eigenvalue weighted by Crippen LogP contribution is -2.57. The summed E-state index contributed by atoms with van der Waals surface area (Å²) in [5.41, 5.74) is 0. The summed E-state index contributed by atoms with van der Waals surface area (Å²) in [7, 11) is 1.42. The highest BCUT2D eigenvalue weighted by Gasteiger charge is 2.30. The van der Waals surface area contributed by atoms with Crippen LogP contribution in [0.2, 0.25) is 0 Å². The van der Waals surface area contributed by atoms with Crippen LogP contribution in [0.25, 0.3) is 0 Å². The molecule has 0 saturated carbocycles. The van der Waals surface area contributed by atoms with Crippen LogP contribution in [0.15, 0.2) is 0 Å². The van der Waals surface area contributed by atoms with Crippen LogP contribution >= 0.6 is 0 Å². The van der Waals surface area contributed by atoms with Crippen molar-refractivity contribution in [1.82, 2.24) is 15.1 Å². The van der Waals surface area contributed by atoms with Gasteiger partial charge in [-0.2, -0.15) is 0 Å². The first-order valence-corrected chi connectivity index (χ1v) is 7.84. The van der Waals surface area contributed by atoms with Crippen molar-refractivity contribution in [1.29, 1.82) is 0 Å². The Balaban J connectivity index is 1.80. The van der Waals surface area contributed by atoms with Crippen LogP contribution in [0.1, 0.15) is 26.7 Å². The van der Waals surface area contributed by atoms with E-state index < -0.39 is 0 Å². The number of piperidine rings is 1. The number of methoxy groups -OCH3 is 1. The van der Waals surface area contributed by atoms with Gasteiger partial charge in [0.1, 0.15) is 0 Å². The number of nitrogens with one attached hydrogen (secondary N) is 1. The average Bonchev–Trinajstić information content (AvgIpc) is 2.50. The fraction of sp³-hybridized carbons (Fsp3) is 0.867. The molecule has 120 valence electrons. The Morgan fingerprint density at radius 2 is 1.90 bits per heavy atom. The van der Waals surface area contributed by atoms with E-state index in [4.69, 9.17) is 4.74 Å². The zero-order valence-electron chi connectivity index (χ0n) is 13.3. The molecule has 6 heteroatoms. The summed E-state index contributed by atoms with van der Waals surface area (Å²) in [4.78, 5) is 28.0. The maximum Gasteiger partial charge on any atom is 0.308 e. The molecular weight excluding hydrogens is 270 g/mol. The van der Waals surface area contributed by atoms with Crippen LogP contribution in [0.4, 0.5) is 0 Å². The lowest BCUT2D eigenvalue weighted by Gasteiger charge is -2.39. The van der Waals surface area contributed by atoms with E-state index in [9.17, 15) is 9.59 Å². The third-order valence-electron chi connectivity index (χ3n) is 4.61. The number of piperazine rings is 1. The van der Waals surface area contributed by atoms with Crippen LogP contribution in [0, 0.1) is 5.92 Å². The molecule has 0 aromatic rings. The van der Waals surface area contributed by atoms with Crippen molar-refractivity contribution in [2.24, 2.45) is 5.92 Å². The Kier molecular flexibility index (Phi) is 5.58. The van der Waals surface area contributed by atoms with Gasteiger partial charge in [0.2, 0.25) is 5.91 Å². The third-order valence-corrected chi connectivity index (χ3v) is 4.61. The van der Waals surface area contributed by atoms with Crippen molar-refractivity contribution in [3.63, 3.8) is 0 Å². The van der Waals surface area contributed by atoms with Gasteiger partial charge in [0.25, 0.3) is 0 Å². The summed E-state index contributed by atoms with van der Waals surface area (Å²) in [6.45, 7) is 7.94. The molecule has 0 aromatic heterocycles. The predicted octanol–water partition coefficient (Wildman–Crippen LogP) is 0.0802. The van der Waals surface area contributed by atoms with Crippen LogP contribution < -0.4 is 5.32 Å². The first-order chi connectivity index (χ1) is 10.0. The maximum atomic E-state index is 12.4. The first kappa shape index (κ1) is 16.2. The molecule has 6 nitrogen and oxygen atoms in total. The summed E-state index contributed by atoms with van der Waals surface area (Å²) >= 11 is 0. The summed E-state index contributed by atoms with van der Waals surface area (Å²) in [5.74, 6) is -0.0110. The number of esters is 1. The SMILES string of the molecule is COC(=O)C1CCN(C(=O)CN2CC(C)NCC2C)CC1. The Labute approximate surface area is 126 Å². The highest BCUT2D eigenvalue weighted by atomic mass is 16.5. The minimum absolute atomic E-state index is 0.0443. The summed E-state index contributed by atoms with van der Waals surface area (Å²) < 4.78 is 4.78. The van der Waals surface area contributed by atoms with E-state index in [1.807, 2.05) is 4.90 Å². The molecule has 0 spiro atoms. The summed E-state index contributed by atoms with van der Waals surface area (Å²) in [6, 6.07) is 0.816. The minimum Gasteiger partial charge on any atom is -0.469 e. The molecule has 1 N–H and O–H groups in total. The molecule has 2 saturated heterocycles. The van der Waals surface area contributed by atoms with E-state index in [1.165, 1.54) is 7.11 Å². The molecule has 2 atom stereocenters. The van der Waals surface area contributed by atoms with Gasteiger partial charge in [-0.15, -0.1) is 0 Å². The number of nitrogens with zero attached hydrogens (tertiary/aromatic N) is 2. The standard InChI is InChI=1S/C15H27N3O3/c1-11-9-18(12(2)8-16-11)10-14(19)17-6-4-13(5-7-17)15(20)21-3/h11-13,16H,4-10H2,1-3H3. The van der Waals surface area contributed by atoms with Gasteiger partial charge in [0, 0.05) is 38.3 Å².